The Hall–Kier alpha value is -1.23. The number of benzene rings is 1. The highest BCUT2D eigenvalue weighted by molar-refractivity contribution is 9.10. The third-order valence-corrected chi connectivity index (χ3v) is 2.79. The summed E-state index contributed by atoms with van der Waals surface area (Å²) in [5.41, 5.74) is -0.388. The maximum Gasteiger partial charge on any atom is 0.333 e. The van der Waals surface area contributed by atoms with Gasteiger partial charge in [-0.15, -0.1) is 0 Å². The number of halogens is 3. The van der Waals surface area contributed by atoms with Crippen molar-refractivity contribution in [3.8, 4) is 0 Å². The maximum absolute atomic E-state index is 13.9. The Morgan fingerprint density at radius 3 is 2.44 bits per heavy atom. The molecule has 0 N–H and O–H groups in total. The first-order valence-electron chi connectivity index (χ1n) is 5.35. The molecule has 98 valence electrons. The average molecular weight is 319 g/mol. The number of alkyl halides is 2. The van der Waals surface area contributed by atoms with Gasteiger partial charge in [-0.3, -0.25) is 0 Å². The largest absolute Gasteiger partial charge is 0.463 e. The molecule has 0 fully saturated rings. The van der Waals surface area contributed by atoms with Gasteiger partial charge in [0.15, 0.2) is 0 Å². The number of carbonyl (C=O) groups is 1. The highest BCUT2D eigenvalue weighted by Gasteiger charge is 2.34. The van der Waals surface area contributed by atoms with Crippen LogP contribution in [0.3, 0.4) is 0 Å². The van der Waals surface area contributed by atoms with E-state index < -0.39 is 18.3 Å². The van der Waals surface area contributed by atoms with Gasteiger partial charge in [-0.2, -0.15) is 0 Å². The van der Waals surface area contributed by atoms with Crippen LogP contribution in [-0.2, 0) is 15.5 Å². The Bertz CT molecular complexity index is 441. The molecule has 0 atom stereocenters. The standard InChI is InChI=1S/C13H13BrF2O2/c1-3-18-12(17)9(2)8-13(15,16)10-4-6-11(14)7-5-10/h4-7H,2-3,8H2,1H3. The third kappa shape index (κ3) is 3.91. The second kappa shape index (κ2) is 6.09. The summed E-state index contributed by atoms with van der Waals surface area (Å²) >= 11 is 3.17. The van der Waals surface area contributed by atoms with Crippen LogP contribution in [0.4, 0.5) is 8.78 Å². The number of carbonyl (C=O) groups excluding carboxylic acids is 1. The molecule has 0 aliphatic carbocycles. The molecule has 18 heavy (non-hydrogen) atoms. The number of esters is 1. The molecule has 1 aromatic rings. The smallest absolute Gasteiger partial charge is 0.333 e. The number of rotatable bonds is 5. The van der Waals surface area contributed by atoms with Crippen molar-refractivity contribution in [1.29, 1.82) is 0 Å². The predicted molar refractivity (Wildman–Crippen MR) is 68.4 cm³/mol. The highest BCUT2D eigenvalue weighted by atomic mass is 79.9. The van der Waals surface area contributed by atoms with Crippen LogP contribution in [0.5, 0.6) is 0 Å². The van der Waals surface area contributed by atoms with Crippen LogP contribution in [-0.4, -0.2) is 12.6 Å². The first kappa shape index (κ1) is 14.8. The van der Waals surface area contributed by atoms with Gasteiger partial charge in [0, 0.05) is 22.0 Å². The fourth-order valence-electron chi connectivity index (χ4n) is 1.37. The molecule has 0 aliphatic rings. The summed E-state index contributed by atoms with van der Waals surface area (Å²) in [5, 5.41) is 0. The normalized spacial score (nSPS) is 11.1. The van der Waals surface area contributed by atoms with Gasteiger partial charge < -0.3 is 4.74 Å². The summed E-state index contributed by atoms with van der Waals surface area (Å²) in [6, 6.07) is 5.66. The van der Waals surface area contributed by atoms with Crippen LogP contribution in [0.15, 0.2) is 40.9 Å². The fourth-order valence-corrected chi connectivity index (χ4v) is 1.63. The van der Waals surface area contributed by atoms with Crippen LogP contribution in [0.2, 0.25) is 0 Å². The van der Waals surface area contributed by atoms with Gasteiger partial charge in [0.25, 0.3) is 5.92 Å². The second-order valence-corrected chi connectivity index (χ2v) is 4.63. The van der Waals surface area contributed by atoms with Gasteiger partial charge in [-0.05, 0) is 19.1 Å². The van der Waals surface area contributed by atoms with Crippen LogP contribution >= 0.6 is 15.9 Å². The van der Waals surface area contributed by atoms with Crippen molar-refractivity contribution in [2.45, 2.75) is 19.3 Å². The first-order chi connectivity index (χ1) is 8.36. The summed E-state index contributed by atoms with van der Waals surface area (Å²) in [5.74, 6) is -3.92. The number of hydrogen-bond donors (Lipinski definition) is 0. The molecular formula is C13H13BrF2O2. The fraction of sp³-hybridized carbons (Fsp3) is 0.308. The van der Waals surface area contributed by atoms with Gasteiger partial charge in [-0.25, -0.2) is 13.6 Å². The lowest BCUT2D eigenvalue weighted by Gasteiger charge is -2.17. The molecule has 0 saturated heterocycles. The van der Waals surface area contributed by atoms with E-state index in [0.717, 1.165) is 0 Å². The lowest BCUT2D eigenvalue weighted by Crippen LogP contribution is -2.18. The molecule has 0 saturated carbocycles. The Morgan fingerprint density at radius 2 is 1.94 bits per heavy atom. The summed E-state index contributed by atoms with van der Waals surface area (Å²) in [7, 11) is 0. The van der Waals surface area contributed by atoms with E-state index >= 15 is 0 Å². The van der Waals surface area contributed by atoms with Gasteiger partial charge in [0.05, 0.1) is 6.61 Å². The molecule has 0 bridgehead atoms. The quantitative estimate of drug-likeness (QED) is 0.604. The molecule has 1 rings (SSSR count). The summed E-state index contributed by atoms with van der Waals surface area (Å²) in [4.78, 5) is 11.2. The zero-order chi connectivity index (χ0) is 13.8. The molecule has 0 unspecified atom stereocenters. The van der Waals surface area contributed by atoms with Crippen LogP contribution in [0, 0.1) is 0 Å². The lowest BCUT2D eigenvalue weighted by molar-refractivity contribution is -0.139. The van der Waals surface area contributed by atoms with Crippen molar-refractivity contribution < 1.29 is 18.3 Å². The molecular weight excluding hydrogens is 306 g/mol. The molecule has 0 aliphatic heterocycles. The lowest BCUT2D eigenvalue weighted by atomic mass is 10.0. The van der Waals surface area contributed by atoms with E-state index in [4.69, 9.17) is 0 Å². The van der Waals surface area contributed by atoms with Crippen molar-refractivity contribution in [3.05, 3.63) is 46.5 Å². The Labute approximate surface area is 113 Å². The van der Waals surface area contributed by atoms with E-state index in [0.29, 0.717) is 4.47 Å². The maximum atomic E-state index is 13.9. The van der Waals surface area contributed by atoms with Crippen LogP contribution in [0.25, 0.3) is 0 Å². The van der Waals surface area contributed by atoms with Crippen molar-refractivity contribution in [3.63, 3.8) is 0 Å². The number of hydrogen-bond acceptors (Lipinski definition) is 2. The van der Waals surface area contributed by atoms with E-state index in [1.165, 1.54) is 24.3 Å². The summed E-state index contributed by atoms with van der Waals surface area (Å²) in [6.07, 6.45) is -0.743. The van der Waals surface area contributed by atoms with Gasteiger partial charge in [-0.1, -0.05) is 34.6 Å². The minimum atomic E-state index is -3.13. The van der Waals surface area contributed by atoms with E-state index in [1.807, 2.05) is 0 Å². The zero-order valence-electron chi connectivity index (χ0n) is 9.88. The summed E-state index contributed by atoms with van der Waals surface area (Å²) < 4.78 is 33.0. The molecule has 0 heterocycles. The van der Waals surface area contributed by atoms with Crippen molar-refractivity contribution in [2.24, 2.45) is 0 Å². The average Bonchev–Trinajstić information content (AvgIpc) is 2.29. The summed E-state index contributed by atoms with van der Waals surface area (Å²) in [6.45, 7) is 5.09. The molecule has 0 amide bonds. The van der Waals surface area contributed by atoms with E-state index in [-0.39, 0.29) is 17.7 Å². The minimum Gasteiger partial charge on any atom is -0.463 e. The second-order valence-electron chi connectivity index (χ2n) is 3.71. The molecule has 0 spiro atoms. The van der Waals surface area contributed by atoms with E-state index in [9.17, 15) is 13.6 Å². The SMILES string of the molecule is C=C(CC(F)(F)c1ccc(Br)cc1)C(=O)OCC. The van der Waals surface area contributed by atoms with Gasteiger partial charge in [0.1, 0.15) is 0 Å². The zero-order valence-corrected chi connectivity index (χ0v) is 11.5. The van der Waals surface area contributed by atoms with Gasteiger partial charge >= 0.3 is 5.97 Å². The third-order valence-electron chi connectivity index (χ3n) is 2.27. The molecule has 2 nitrogen and oxygen atoms in total. The predicted octanol–water partition coefficient (Wildman–Crippen LogP) is 4.05. The number of ether oxygens (including phenoxy) is 1. The minimum absolute atomic E-state index is 0.141. The molecule has 0 aromatic heterocycles. The van der Waals surface area contributed by atoms with Crippen molar-refractivity contribution >= 4 is 21.9 Å². The van der Waals surface area contributed by atoms with Crippen LogP contribution < -0.4 is 0 Å². The van der Waals surface area contributed by atoms with Crippen molar-refractivity contribution in [1.82, 2.24) is 0 Å². The van der Waals surface area contributed by atoms with Crippen LogP contribution in [0.1, 0.15) is 18.9 Å². The Morgan fingerprint density at radius 1 is 1.39 bits per heavy atom. The molecule has 1 aromatic carbocycles. The Balaban J connectivity index is 2.78. The monoisotopic (exact) mass is 318 g/mol. The topological polar surface area (TPSA) is 26.3 Å². The highest BCUT2D eigenvalue weighted by Crippen LogP contribution is 2.34. The Kier molecular flexibility index (Phi) is 5.02. The van der Waals surface area contributed by atoms with Gasteiger partial charge in [0.2, 0.25) is 0 Å². The first-order valence-corrected chi connectivity index (χ1v) is 6.15. The molecule has 0 radical (unpaired) electrons. The van der Waals surface area contributed by atoms with Crippen molar-refractivity contribution in [2.75, 3.05) is 6.61 Å². The molecule has 5 heteroatoms. The van der Waals surface area contributed by atoms with E-state index in [1.54, 1.807) is 6.92 Å². The van der Waals surface area contributed by atoms with E-state index in [2.05, 4.69) is 27.2 Å².